The van der Waals surface area contributed by atoms with Crippen LogP contribution < -0.4 is 0 Å². The minimum atomic E-state index is -0.0387. The molecule has 5 nitrogen and oxygen atoms in total. The predicted molar refractivity (Wildman–Crippen MR) is 91.6 cm³/mol. The van der Waals surface area contributed by atoms with E-state index in [2.05, 4.69) is 30.9 Å². The fourth-order valence-electron chi connectivity index (χ4n) is 2.17. The van der Waals surface area contributed by atoms with Crippen LogP contribution in [0.5, 0.6) is 0 Å². The molecule has 0 unspecified atom stereocenters. The molecule has 2 heterocycles. The summed E-state index contributed by atoms with van der Waals surface area (Å²) in [6, 6.07) is 3.60. The zero-order valence-corrected chi connectivity index (χ0v) is 15.3. The quantitative estimate of drug-likeness (QED) is 0.795. The van der Waals surface area contributed by atoms with Crippen LogP contribution in [0.1, 0.15) is 48.1 Å². The molecule has 0 aliphatic carbocycles. The number of amides is 1. The number of aromatic nitrogens is 2. The van der Waals surface area contributed by atoms with Crippen molar-refractivity contribution in [3.05, 3.63) is 40.9 Å². The van der Waals surface area contributed by atoms with E-state index in [4.69, 9.17) is 4.52 Å². The molecule has 0 bridgehead atoms. The van der Waals surface area contributed by atoms with Crippen molar-refractivity contribution in [1.29, 1.82) is 0 Å². The Morgan fingerprint density at radius 3 is 2.61 bits per heavy atom. The number of hydrogen-bond acceptors (Lipinski definition) is 5. The Balaban J connectivity index is 2.15. The summed E-state index contributed by atoms with van der Waals surface area (Å²) >= 11 is 1.65. The lowest BCUT2D eigenvalue weighted by Crippen LogP contribution is -2.26. The third-order valence-electron chi connectivity index (χ3n) is 3.32. The first-order chi connectivity index (χ1) is 10.7. The molecule has 6 heteroatoms. The van der Waals surface area contributed by atoms with Crippen LogP contribution in [0.4, 0.5) is 0 Å². The SMILES string of the molecule is Cc1noc(C)c1CN(C)C(=O)c1ccnc(SC(C)(C)C)c1. The average molecular weight is 333 g/mol. The maximum atomic E-state index is 12.6. The summed E-state index contributed by atoms with van der Waals surface area (Å²) < 4.78 is 5.21. The van der Waals surface area contributed by atoms with Gasteiger partial charge in [-0.15, -0.1) is 11.8 Å². The van der Waals surface area contributed by atoms with Gasteiger partial charge in [0.1, 0.15) is 5.76 Å². The highest BCUT2D eigenvalue weighted by molar-refractivity contribution is 8.00. The van der Waals surface area contributed by atoms with Gasteiger partial charge in [-0.2, -0.15) is 0 Å². The molecular formula is C17H23N3O2S. The van der Waals surface area contributed by atoms with E-state index < -0.39 is 0 Å². The van der Waals surface area contributed by atoms with Crippen molar-refractivity contribution in [2.75, 3.05) is 7.05 Å². The standard InChI is InChI=1S/C17H23N3O2S/c1-11-14(12(2)22-19-11)10-20(6)16(21)13-7-8-18-15(9-13)23-17(3,4)5/h7-9H,10H2,1-6H3. The number of thioether (sulfide) groups is 1. The second-order valence-electron chi connectivity index (χ2n) is 6.56. The fourth-order valence-corrected chi connectivity index (χ4v) is 3.10. The Labute approximate surface area is 141 Å². The van der Waals surface area contributed by atoms with Crippen LogP contribution in [-0.4, -0.2) is 32.7 Å². The van der Waals surface area contributed by atoms with E-state index in [1.165, 1.54) is 0 Å². The first-order valence-corrected chi connectivity index (χ1v) is 8.31. The van der Waals surface area contributed by atoms with Gasteiger partial charge in [-0.05, 0) is 26.0 Å². The molecule has 0 aliphatic heterocycles. The minimum Gasteiger partial charge on any atom is -0.361 e. The Morgan fingerprint density at radius 2 is 2.04 bits per heavy atom. The Kier molecular flexibility index (Phi) is 5.14. The average Bonchev–Trinajstić information content (AvgIpc) is 2.76. The van der Waals surface area contributed by atoms with Crippen LogP contribution in [0.15, 0.2) is 27.9 Å². The molecule has 0 atom stereocenters. The van der Waals surface area contributed by atoms with E-state index in [-0.39, 0.29) is 10.7 Å². The zero-order chi connectivity index (χ0) is 17.2. The van der Waals surface area contributed by atoms with Crippen LogP contribution in [0.3, 0.4) is 0 Å². The molecule has 2 aromatic heterocycles. The summed E-state index contributed by atoms with van der Waals surface area (Å²) in [5.41, 5.74) is 2.42. The normalized spacial score (nSPS) is 11.6. The minimum absolute atomic E-state index is 0.0387. The fraction of sp³-hybridized carbons (Fsp3) is 0.471. The van der Waals surface area contributed by atoms with Crippen molar-refractivity contribution in [3.8, 4) is 0 Å². The summed E-state index contributed by atoms with van der Waals surface area (Å²) in [5.74, 6) is 0.712. The number of carbonyl (C=O) groups is 1. The number of aryl methyl sites for hydroxylation is 2. The third-order valence-corrected chi connectivity index (χ3v) is 4.36. The molecule has 23 heavy (non-hydrogen) atoms. The molecule has 2 aromatic rings. The van der Waals surface area contributed by atoms with Gasteiger partial charge in [0, 0.05) is 29.1 Å². The van der Waals surface area contributed by atoms with Crippen molar-refractivity contribution in [3.63, 3.8) is 0 Å². The van der Waals surface area contributed by atoms with Gasteiger partial charge >= 0.3 is 0 Å². The number of pyridine rings is 1. The van der Waals surface area contributed by atoms with Crippen molar-refractivity contribution in [2.45, 2.75) is 50.9 Å². The maximum Gasteiger partial charge on any atom is 0.254 e. The van der Waals surface area contributed by atoms with Crippen molar-refractivity contribution in [1.82, 2.24) is 15.0 Å². The van der Waals surface area contributed by atoms with E-state index in [1.54, 1.807) is 36.0 Å². The van der Waals surface area contributed by atoms with Gasteiger partial charge in [-0.3, -0.25) is 4.79 Å². The lowest BCUT2D eigenvalue weighted by Gasteiger charge is -2.19. The molecule has 0 saturated carbocycles. The molecule has 0 radical (unpaired) electrons. The van der Waals surface area contributed by atoms with E-state index >= 15 is 0 Å². The van der Waals surface area contributed by atoms with Crippen molar-refractivity contribution in [2.24, 2.45) is 0 Å². The monoisotopic (exact) mass is 333 g/mol. The van der Waals surface area contributed by atoms with Crippen LogP contribution in [0.2, 0.25) is 0 Å². The second kappa shape index (κ2) is 6.74. The van der Waals surface area contributed by atoms with Crippen LogP contribution >= 0.6 is 11.8 Å². The highest BCUT2D eigenvalue weighted by atomic mass is 32.2. The second-order valence-corrected chi connectivity index (χ2v) is 8.41. The molecular weight excluding hydrogens is 310 g/mol. The van der Waals surface area contributed by atoms with Gasteiger partial charge in [0.2, 0.25) is 0 Å². The number of carbonyl (C=O) groups excluding carboxylic acids is 1. The van der Waals surface area contributed by atoms with Gasteiger partial charge < -0.3 is 9.42 Å². The molecule has 0 aliphatic rings. The molecule has 0 aromatic carbocycles. The third kappa shape index (κ3) is 4.58. The van der Waals surface area contributed by atoms with Gasteiger partial charge in [0.05, 0.1) is 17.3 Å². The van der Waals surface area contributed by atoms with E-state index in [9.17, 15) is 4.79 Å². The lowest BCUT2D eigenvalue weighted by atomic mass is 10.1. The summed E-state index contributed by atoms with van der Waals surface area (Å²) in [7, 11) is 1.78. The van der Waals surface area contributed by atoms with Crippen LogP contribution in [-0.2, 0) is 6.54 Å². The molecule has 0 fully saturated rings. The topological polar surface area (TPSA) is 59.2 Å². The first kappa shape index (κ1) is 17.5. The molecule has 0 spiro atoms. The Morgan fingerprint density at radius 1 is 1.35 bits per heavy atom. The van der Waals surface area contributed by atoms with Crippen LogP contribution in [0, 0.1) is 13.8 Å². The molecule has 124 valence electrons. The highest BCUT2D eigenvalue weighted by Crippen LogP contribution is 2.30. The summed E-state index contributed by atoms with van der Waals surface area (Å²) in [4.78, 5) is 18.7. The van der Waals surface area contributed by atoms with Gasteiger partial charge in [-0.25, -0.2) is 4.98 Å². The summed E-state index contributed by atoms with van der Waals surface area (Å²) in [6.45, 7) is 10.6. The van der Waals surface area contributed by atoms with E-state index in [0.29, 0.717) is 12.1 Å². The predicted octanol–water partition coefficient (Wildman–Crippen LogP) is 3.85. The van der Waals surface area contributed by atoms with Crippen LogP contribution in [0.25, 0.3) is 0 Å². The van der Waals surface area contributed by atoms with Gasteiger partial charge in [0.25, 0.3) is 5.91 Å². The Hall–Kier alpha value is -1.82. The summed E-state index contributed by atoms with van der Waals surface area (Å²) in [5, 5.41) is 4.79. The molecule has 1 amide bonds. The largest absolute Gasteiger partial charge is 0.361 e. The molecule has 0 saturated heterocycles. The number of rotatable bonds is 4. The van der Waals surface area contributed by atoms with Crippen molar-refractivity contribution >= 4 is 17.7 Å². The highest BCUT2D eigenvalue weighted by Gasteiger charge is 2.19. The van der Waals surface area contributed by atoms with Gasteiger partial charge in [-0.1, -0.05) is 25.9 Å². The Bertz CT molecular complexity index is 685. The van der Waals surface area contributed by atoms with E-state index in [1.807, 2.05) is 19.9 Å². The maximum absolute atomic E-state index is 12.6. The number of hydrogen-bond donors (Lipinski definition) is 0. The summed E-state index contributed by atoms with van der Waals surface area (Å²) in [6.07, 6.45) is 1.69. The first-order valence-electron chi connectivity index (χ1n) is 7.49. The zero-order valence-electron chi connectivity index (χ0n) is 14.5. The van der Waals surface area contributed by atoms with Crippen molar-refractivity contribution < 1.29 is 9.32 Å². The smallest absolute Gasteiger partial charge is 0.254 e. The number of nitrogens with zero attached hydrogens (tertiary/aromatic N) is 3. The lowest BCUT2D eigenvalue weighted by molar-refractivity contribution is 0.0784. The van der Waals surface area contributed by atoms with Gasteiger partial charge in [0.15, 0.2) is 0 Å². The van der Waals surface area contributed by atoms with E-state index in [0.717, 1.165) is 22.0 Å². The molecule has 0 N–H and O–H groups in total. The molecule has 2 rings (SSSR count).